The zero-order valence-corrected chi connectivity index (χ0v) is 9.79. The molecule has 1 aliphatic rings. The number of anilines is 1. The lowest BCUT2D eigenvalue weighted by molar-refractivity contribution is 0.671. The van der Waals surface area contributed by atoms with Crippen LogP contribution in [0.2, 0.25) is 0 Å². The maximum Gasteiger partial charge on any atom is 0.252 e. The number of aromatic nitrogens is 2. The van der Waals surface area contributed by atoms with E-state index in [1.165, 1.54) is 18.9 Å². The summed E-state index contributed by atoms with van der Waals surface area (Å²) >= 11 is 0. The zero-order valence-electron chi connectivity index (χ0n) is 9.79. The van der Waals surface area contributed by atoms with E-state index < -0.39 is 0 Å². The van der Waals surface area contributed by atoms with Gasteiger partial charge in [-0.3, -0.25) is 4.79 Å². The third-order valence-electron chi connectivity index (χ3n) is 2.70. The van der Waals surface area contributed by atoms with E-state index in [0.29, 0.717) is 5.82 Å². The summed E-state index contributed by atoms with van der Waals surface area (Å²) in [5.41, 5.74) is -0.0931. The predicted octanol–water partition coefficient (Wildman–Crippen LogP) is 0.267. The molecule has 2 rings (SSSR count). The van der Waals surface area contributed by atoms with Crippen LogP contribution in [0.1, 0.15) is 18.7 Å². The molecule has 1 aromatic rings. The van der Waals surface area contributed by atoms with E-state index in [4.69, 9.17) is 0 Å². The minimum absolute atomic E-state index is 0.0931. The molecule has 1 fully saturated rings. The number of rotatable bonds is 5. The molecule has 1 aliphatic carbocycles. The SMILES string of the molecule is Cc1nc(N(C)CCNC2CC2)cc(=O)[nH]1. The van der Waals surface area contributed by atoms with Crippen LogP contribution in [0.3, 0.4) is 0 Å². The van der Waals surface area contributed by atoms with Crippen molar-refractivity contribution in [3.63, 3.8) is 0 Å². The van der Waals surface area contributed by atoms with Crippen molar-refractivity contribution in [1.82, 2.24) is 15.3 Å². The van der Waals surface area contributed by atoms with E-state index in [2.05, 4.69) is 15.3 Å². The lowest BCUT2D eigenvalue weighted by Crippen LogP contribution is -2.31. The average molecular weight is 222 g/mol. The molecule has 2 N–H and O–H groups in total. The first-order valence-electron chi connectivity index (χ1n) is 5.67. The largest absolute Gasteiger partial charge is 0.358 e. The third-order valence-corrected chi connectivity index (χ3v) is 2.70. The summed E-state index contributed by atoms with van der Waals surface area (Å²) in [7, 11) is 1.95. The molecule has 0 radical (unpaired) electrons. The summed E-state index contributed by atoms with van der Waals surface area (Å²) in [6.45, 7) is 3.60. The van der Waals surface area contributed by atoms with Gasteiger partial charge < -0.3 is 15.2 Å². The first-order valence-corrected chi connectivity index (χ1v) is 5.67. The summed E-state index contributed by atoms with van der Waals surface area (Å²) in [6.07, 6.45) is 2.60. The van der Waals surface area contributed by atoms with E-state index in [-0.39, 0.29) is 5.56 Å². The van der Waals surface area contributed by atoms with Gasteiger partial charge in [-0.05, 0) is 19.8 Å². The second-order valence-corrected chi connectivity index (χ2v) is 4.34. The highest BCUT2D eigenvalue weighted by Gasteiger charge is 2.19. The number of hydrogen-bond donors (Lipinski definition) is 2. The van der Waals surface area contributed by atoms with Gasteiger partial charge in [0.1, 0.15) is 11.6 Å². The molecule has 1 heterocycles. The van der Waals surface area contributed by atoms with Crippen LogP contribution in [0.4, 0.5) is 5.82 Å². The maximum absolute atomic E-state index is 11.3. The van der Waals surface area contributed by atoms with Crippen molar-refractivity contribution in [2.24, 2.45) is 0 Å². The number of nitrogens with one attached hydrogen (secondary N) is 2. The van der Waals surface area contributed by atoms with Crippen molar-refractivity contribution in [2.75, 3.05) is 25.0 Å². The van der Waals surface area contributed by atoms with Gasteiger partial charge in [-0.25, -0.2) is 4.98 Å². The summed E-state index contributed by atoms with van der Waals surface area (Å²) < 4.78 is 0. The van der Waals surface area contributed by atoms with E-state index >= 15 is 0 Å². The Labute approximate surface area is 94.9 Å². The lowest BCUT2D eigenvalue weighted by Gasteiger charge is -2.18. The Hall–Kier alpha value is -1.36. The molecule has 0 saturated heterocycles. The van der Waals surface area contributed by atoms with Crippen LogP contribution in [-0.2, 0) is 0 Å². The molecule has 88 valence electrons. The van der Waals surface area contributed by atoms with Crippen LogP contribution in [-0.4, -0.2) is 36.1 Å². The Morgan fingerprint density at radius 2 is 2.38 bits per heavy atom. The van der Waals surface area contributed by atoms with E-state index in [1.807, 2.05) is 11.9 Å². The van der Waals surface area contributed by atoms with Crippen molar-refractivity contribution in [2.45, 2.75) is 25.8 Å². The van der Waals surface area contributed by atoms with Gasteiger partial charge in [0.05, 0.1) is 0 Å². The highest BCUT2D eigenvalue weighted by atomic mass is 16.1. The molecule has 16 heavy (non-hydrogen) atoms. The van der Waals surface area contributed by atoms with Crippen LogP contribution in [0, 0.1) is 6.92 Å². The fraction of sp³-hybridized carbons (Fsp3) is 0.636. The molecule has 1 saturated carbocycles. The topological polar surface area (TPSA) is 61.0 Å². The average Bonchev–Trinajstić information content (AvgIpc) is 3.00. The Morgan fingerprint density at radius 3 is 3.00 bits per heavy atom. The molecule has 5 heteroatoms. The molecule has 1 aromatic heterocycles. The second-order valence-electron chi connectivity index (χ2n) is 4.34. The lowest BCUT2D eigenvalue weighted by atomic mass is 10.4. The van der Waals surface area contributed by atoms with Crippen LogP contribution in [0.15, 0.2) is 10.9 Å². The molecule has 0 bridgehead atoms. The zero-order chi connectivity index (χ0) is 11.5. The van der Waals surface area contributed by atoms with Crippen molar-refractivity contribution < 1.29 is 0 Å². The molecule has 0 atom stereocenters. The highest BCUT2D eigenvalue weighted by Crippen LogP contribution is 2.18. The summed E-state index contributed by atoms with van der Waals surface area (Å²) in [4.78, 5) is 20.2. The summed E-state index contributed by atoms with van der Waals surface area (Å²) in [5, 5.41) is 3.43. The number of likely N-dealkylation sites (N-methyl/N-ethyl adjacent to an activating group) is 1. The Kier molecular flexibility index (Phi) is 3.24. The van der Waals surface area contributed by atoms with E-state index in [0.717, 1.165) is 24.9 Å². The molecular weight excluding hydrogens is 204 g/mol. The highest BCUT2D eigenvalue weighted by molar-refractivity contribution is 5.35. The number of aromatic amines is 1. The smallest absolute Gasteiger partial charge is 0.252 e. The Bertz CT molecular complexity index is 411. The number of aryl methyl sites for hydroxylation is 1. The molecule has 0 unspecified atom stereocenters. The van der Waals surface area contributed by atoms with E-state index in [9.17, 15) is 4.79 Å². The van der Waals surface area contributed by atoms with Crippen LogP contribution in [0.5, 0.6) is 0 Å². The van der Waals surface area contributed by atoms with E-state index in [1.54, 1.807) is 6.92 Å². The molecule has 0 aliphatic heterocycles. The molecular formula is C11H18N4O. The number of H-pyrrole nitrogens is 1. The number of hydrogen-bond acceptors (Lipinski definition) is 4. The van der Waals surface area contributed by atoms with Gasteiger partial charge in [0.15, 0.2) is 0 Å². The predicted molar refractivity (Wildman–Crippen MR) is 63.9 cm³/mol. The number of nitrogens with zero attached hydrogens (tertiary/aromatic N) is 2. The van der Waals surface area contributed by atoms with Crippen molar-refractivity contribution in [3.05, 3.63) is 22.2 Å². The normalized spacial score (nSPS) is 15.1. The van der Waals surface area contributed by atoms with Gasteiger partial charge in [-0.1, -0.05) is 0 Å². The van der Waals surface area contributed by atoms with Gasteiger partial charge in [0.25, 0.3) is 5.56 Å². The molecule has 0 aromatic carbocycles. The van der Waals surface area contributed by atoms with Crippen LogP contribution < -0.4 is 15.8 Å². The quantitative estimate of drug-likeness (QED) is 0.750. The maximum atomic E-state index is 11.3. The minimum atomic E-state index is -0.0931. The van der Waals surface area contributed by atoms with Gasteiger partial charge >= 0.3 is 0 Å². The van der Waals surface area contributed by atoms with Crippen LogP contribution in [0.25, 0.3) is 0 Å². The van der Waals surface area contributed by atoms with Crippen molar-refractivity contribution >= 4 is 5.82 Å². The van der Waals surface area contributed by atoms with Gasteiger partial charge in [-0.2, -0.15) is 0 Å². The summed E-state index contributed by atoms with van der Waals surface area (Å²) in [5.74, 6) is 1.39. The monoisotopic (exact) mass is 222 g/mol. The van der Waals surface area contributed by atoms with Crippen molar-refractivity contribution in [3.8, 4) is 0 Å². The van der Waals surface area contributed by atoms with Crippen LogP contribution >= 0.6 is 0 Å². The summed E-state index contributed by atoms with van der Waals surface area (Å²) in [6, 6.07) is 2.26. The Balaban J connectivity index is 1.90. The molecule has 0 amide bonds. The van der Waals surface area contributed by atoms with Crippen molar-refractivity contribution in [1.29, 1.82) is 0 Å². The van der Waals surface area contributed by atoms with Gasteiger partial charge in [-0.15, -0.1) is 0 Å². The second kappa shape index (κ2) is 4.65. The minimum Gasteiger partial charge on any atom is -0.358 e. The Morgan fingerprint density at radius 1 is 1.62 bits per heavy atom. The standard InChI is InChI=1S/C11H18N4O/c1-8-13-10(7-11(16)14-8)15(2)6-5-12-9-3-4-9/h7,9,12H,3-6H2,1-2H3,(H,13,14,16). The molecule has 0 spiro atoms. The third kappa shape index (κ3) is 3.06. The van der Waals surface area contributed by atoms with Gasteiger partial charge in [0, 0.05) is 32.2 Å². The fourth-order valence-corrected chi connectivity index (χ4v) is 1.60. The molecule has 5 nitrogen and oxygen atoms in total. The van der Waals surface area contributed by atoms with Gasteiger partial charge in [0.2, 0.25) is 0 Å². The first-order chi connectivity index (χ1) is 7.65. The fourth-order valence-electron chi connectivity index (χ4n) is 1.60. The first kappa shape index (κ1) is 11.1.